The van der Waals surface area contributed by atoms with Gasteiger partial charge in [0.2, 0.25) is 11.8 Å². The molecule has 2 N–H and O–H groups in total. The van der Waals surface area contributed by atoms with Gasteiger partial charge < -0.3 is 15.2 Å². The molecule has 0 saturated heterocycles. The molecule has 5 heteroatoms. The molecule has 1 unspecified atom stereocenters. The summed E-state index contributed by atoms with van der Waals surface area (Å²) in [7, 11) is 0. The first-order valence-corrected chi connectivity index (χ1v) is 7.03. The van der Waals surface area contributed by atoms with E-state index >= 15 is 0 Å². The highest BCUT2D eigenvalue weighted by atomic mass is 16.5. The molecular formula is C16H21N3O2. The number of ether oxygens (including phenoxy) is 1. The average Bonchev–Trinajstić information content (AvgIpc) is 2.44. The van der Waals surface area contributed by atoms with Crippen molar-refractivity contribution in [1.82, 2.24) is 9.97 Å². The standard InChI is InChI=1S/C16H21N3O2/c1-11(2)21-15-9-12(3)17-16(19-15)18-14(10-20)13-7-5-4-6-8-13/h4-9,11,14,20H,10H2,1-3H3,(H,17,18,19). The van der Waals surface area contributed by atoms with Crippen LogP contribution >= 0.6 is 0 Å². The van der Waals surface area contributed by atoms with Crippen LogP contribution in [0, 0.1) is 6.92 Å². The van der Waals surface area contributed by atoms with Gasteiger partial charge in [0.15, 0.2) is 0 Å². The zero-order chi connectivity index (χ0) is 15.2. The maximum Gasteiger partial charge on any atom is 0.226 e. The summed E-state index contributed by atoms with van der Waals surface area (Å²) in [6.07, 6.45) is 0.0508. The zero-order valence-corrected chi connectivity index (χ0v) is 12.6. The van der Waals surface area contributed by atoms with Crippen molar-refractivity contribution in [2.24, 2.45) is 0 Å². The van der Waals surface area contributed by atoms with E-state index < -0.39 is 0 Å². The lowest BCUT2D eigenvalue weighted by Gasteiger charge is -2.18. The quantitative estimate of drug-likeness (QED) is 0.855. The van der Waals surface area contributed by atoms with E-state index in [1.54, 1.807) is 6.07 Å². The van der Waals surface area contributed by atoms with Gasteiger partial charge in [-0.15, -0.1) is 0 Å². The van der Waals surface area contributed by atoms with E-state index in [0.29, 0.717) is 11.8 Å². The molecule has 1 aromatic heterocycles. The maximum atomic E-state index is 9.58. The van der Waals surface area contributed by atoms with Gasteiger partial charge in [0.05, 0.1) is 18.8 Å². The Hall–Kier alpha value is -2.14. The van der Waals surface area contributed by atoms with Crippen molar-refractivity contribution in [1.29, 1.82) is 0 Å². The first-order valence-electron chi connectivity index (χ1n) is 7.03. The molecule has 1 heterocycles. The van der Waals surface area contributed by atoms with Crippen LogP contribution in [0.2, 0.25) is 0 Å². The minimum absolute atomic E-state index is 0.0400. The number of aliphatic hydroxyl groups excluding tert-OH is 1. The molecule has 2 rings (SSSR count). The van der Waals surface area contributed by atoms with E-state index in [9.17, 15) is 5.11 Å². The third kappa shape index (κ3) is 4.43. The molecule has 1 aromatic carbocycles. The Balaban J connectivity index is 2.19. The topological polar surface area (TPSA) is 67.3 Å². The summed E-state index contributed by atoms with van der Waals surface area (Å²) in [5, 5.41) is 12.7. The van der Waals surface area contributed by atoms with Crippen LogP contribution in [-0.2, 0) is 0 Å². The third-order valence-corrected chi connectivity index (χ3v) is 2.88. The van der Waals surface area contributed by atoms with E-state index in [4.69, 9.17) is 4.74 Å². The smallest absolute Gasteiger partial charge is 0.226 e. The second kappa shape index (κ2) is 7.04. The minimum atomic E-state index is -0.250. The molecule has 0 saturated carbocycles. The second-order valence-electron chi connectivity index (χ2n) is 5.13. The molecule has 5 nitrogen and oxygen atoms in total. The fourth-order valence-electron chi connectivity index (χ4n) is 1.98. The van der Waals surface area contributed by atoms with Gasteiger partial charge in [0, 0.05) is 11.8 Å². The van der Waals surface area contributed by atoms with Gasteiger partial charge in [-0.3, -0.25) is 0 Å². The molecule has 0 aliphatic rings. The molecule has 0 amide bonds. The van der Waals surface area contributed by atoms with Crippen molar-refractivity contribution in [2.75, 3.05) is 11.9 Å². The Morgan fingerprint density at radius 1 is 1.19 bits per heavy atom. The fourth-order valence-corrected chi connectivity index (χ4v) is 1.98. The minimum Gasteiger partial charge on any atom is -0.475 e. The molecule has 0 bridgehead atoms. The zero-order valence-electron chi connectivity index (χ0n) is 12.6. The van der Waals surface area contributed by atoms with E-state index in [2.05, 4.69) is 15.3 Å². The first kappa shape index (κ1) is 15.3. The predicted molar refractivity (Wildman–Crippen MR) is 82.4 cm³/mol. The molecule has 2 aromatic rings. The summed E-state index contributed by atoms with van der Waals surface area (Å²) in [4.78, 5) is 8.67. The van der Waals surface area contributed by atoms with Crippen LogP contribution in [0.25, 0.3) is 0 Å². The van der Waals surface area contributed by atoms with Gasteiger partial charge in [-0.2, -0.15) is 4.98 Å². The van der Waals surface area contributed by atoms with Crippen LogP contribution < -0.4 is 10.1 Å². The number of aliphatic hydroxyl groups is 1. The molecule has 0 spiro atoms. The monoisotopic (exact) mass is 287 g/mol. The number of hydrogen-bond acceptors (Lipinski definition) is 5. The SMILES string of the molecule is Cc1cc(OC(C)C)nc(NC(CO)c2ccccc2)n1. The largest absolute Gasteiger partial charge is 0.475 e. The van der Waals surface area contributed by atoms with Gasteiger partial charge in [-0.05, 0) is 26.3 Å². The number of benzene rings is 1. The first-order chi connectivity index (χ1) is 10.1. The Kier molecular flexibility index (Phi) is 5.11. The molecular weight excluding hydrogens is 266 g/mol. The molecule has 0 fully saturated rings. The van der Waals surface area contributed by atoms with Gasteiger partial charge in [-0.25, -0.2) is 4.98 Å². The predicted octanol–water partition coefficient (Wildman–Crippen LogP) is 2.72. The number of aryl methyl sites for hydroxylation is 1. The third-order valence-electron chi connectivity index (χ3n) is 2.88. The van der Waals surface area contributed by atoms with Crippen LogP contribution in [0.15, 0.2) is 36.4 Å². The number of nitrogens with one attached hydrogen (secondary N) is 1. The van der Waals surface area contributed by atoms with Gasteiger partial charge in [0.25, 0.3) is 0 Å². The number of nitrogens with zero attached hydrogens (tertiary/aromatic N) is 2. The highest BCUT2D eigenvalue weighted by Gasteiger charge is 2.12. The summed E-state index contributed by atoms with van der Waals surface area (Å²) in [5.74, 6) is 0.985. The Bertz CT molecular complexity index is 573. The molecule has 1 atom stereocenters. The summed E-state index contributed by atoms with van der Waals surface area (Å²) in [6.45, 7) is 5.74. The molecule has 0 radical (unpaired) electrons. The highest BCUT2D eigenvalue weighted by Crippen LogP contribution is 2.19. The Morgan fingerprint density at radius 3 is 2.52 bits per heavy atom. The van der Waals surface area contributed by atoms with E-state index in [1.807, 2.05) is 51.1 Å². The number of aromatic nitrogens is 2. The summed E-state index contributed by atoms with van der Waals surface area (Å²) < 4.78 is 5.60. The molecule has 21 heavy (non-hydrogen) atoms. The Labute approximate surface area is 125 Å². The maximum absolute atomic E-state index is 9.58. The van der Waals surface area contributed by atoms with Crippen molar-refractivity contribution in [3.8, 4) is 5.88 Å². The normalized spacial score (nSPS) is 12.2. The molecule has 112 valence electrons. The van der Waals surface area contributed by atoms with Gasteiger partial charge >= 0.3 is 0 Å². The molecule has 0 aliphatic heterocycles. The highest BCUT2D eigenvalue weighted by molar-refractivity contribution is 5.35. The van der Waals surface area contributed by atoms with E-state index in [0.717, 1.165) is 11.3 Å². The fraction of sp³-hybridized carbons (Fsp3) is 0.375. The van der Waals surface area contributed by atoms with Crippen LogP contribution in [0.5, 0.6) is 5.88 Å². The van der Waals surface area contributed by atoms with Gasteiger partial charge in [-0.1, -0.05) is 30.3 Å². The van der Waals surface area contributed by atoms with Crippen molar-refractivity contribution in [2.45, 2.75) is 32.9 Å². The van der Waals surface area contributed by atoms with Crippen LogP contribution in [0.1, 0.15) is 31.1 Å². The van der Waals surface area contributed by atoms with Crippen LogP contribution in [0.4, 0.5) is 5.95 Å². The van der Waals surface area contributed by atoms with Crippen molar-refractivity contribution < 1.29 is 9.84 Å². The van der Waals surface area contributed by atoms with E-state index in [1.165, 1.54) is 0 Å². The van der Waals surface area contributed by atoms with E-state index in [-0.39, 0.29) is 18.8 Å². The lowest BCUT2D eigenvalue weighted by molar-refractivity contribution is 0.232. The average molecular weight is 287 g/mol. The van der Waals surface area contributed by atoms with Crippen molar-refractivity contribution >= 4 is 5.95 Å². The summed E-state index contributed by atoms with van der Waals surface area (Å²) in [5.41, 5.74) is 1.80. The summed E-state index contributed by atoms with van der Waals surface area (Å²) in [6, 6.07) is 11.3. The van der Waals surface area contributed by atoms with Crippen LogP contribution in [0.3, 0.4) is 0 Å². The van der Waals surface area contributed by atoms with Crippen molar-refractivity contribution in [3.63, 3.8) is 0 Å². The lowest BCUT2D eigenvalue weighted by Crippen LogP contribution is -2.17. The number of anilines is 1. The molecule has 0 aliphatic carbocycles. The number of rotatable bonds is 6. The summed E-state index contributed by atoms with van der Waals surface area (Å²) >= 11 is 0. The number of hydrogen-bond donors (Lipinski definition) is 2. The van der Waals surface area contributed by atoms with Crippen molar-refractivity contribution in [3.05, 3.63) is 47.7 Å². The lowest BCUT2D eigenvalue weighted by atomic mass is 10.1. The Morgan fingerprint density at radius 2 is 1.90 bits per heavy atom. The van der Waals surface area contributed by atoms with Crippen LogP contribution in [-0.4, -0.2) is 27.8 Å². The second-order valence-corrected chi connectivity index (χ2v) is 5.13. The van der Waals surface area contributed by atoms with Gasteiger partial charge in [0.1, 0.15) is 0 Å².